The van der Waals surface area contributed by atoms with Crippen LogP contribution in [0.25, 0.3) is 0 Å². The monoisotopic (exact) mass is 131 g/mol. The first kappa shape index (κ1) is 6.51. The average molecular weight is 131 g/mol. The smallest absolute Gasteiger partial charge is 0.00673 e. The van der Waals surface area contributed by atoms with Crippen molar-refractivity contribution < 1.29 is 0 Å². The van der Waals surface area contributed by atoms with Crippen LogP contribution in [0.2, 0.25) is 0 Å². The van der Waals surface area contributed by atoms with Gasteiger partial charge in [0.15, 0.2) is 0 Å². The first-order valence-corrected chi connectivity index (χ1v) is 3.65. The Kier molecular flexibility index (Phi) is 1.60. The first-order valence-electron chi connectivity index (χ1n) is 3.08. The molecule has 1 aliphatic heterocycles. The van der Waals surface area contributed by atoms with E-state index in [2.05, 4.69) is 28.1 Å². The lowest BCUT2D eigenvalue weighted by molar-refractivity contribution is 0.408. The van der Waals surface area contributed by atoms with Crippen molar-refractivity contribution in [1.29, 1.82) is 0 Å². The molecule has 0 bridgehead atoms. The Labute approximate surface area is 53.6 Å². The maximum absolute atomic E-state index is 2.91. The zero-order chi connectivity index (χ0) is 6.20. The summed E-state index contributed by atoms with van der Waals surface area (Å²) in [6, 6.07) is 0. The summed E-state index contributed by atoms with van der Waals surface area (Å²) in [5.41, 5.74) is 0. The van der Waals surface area contributed by atoms with Crippen LogP contribution in [0, 0.1) is 0 Å². The van der Waals surface area contributed by atoms with Gasteiger partial charge >= 0.3 is 0 Å². The molecule has 2 atom stereocenters. The highest BCUT2D eigenvalue weighted by molar-refractivity contribution is 7.19. The Balaban J connectivity index is 2.44. The van der Waals surface area contributed by atoms with Crippen LogP contribution in [0.15, 0.2) is 0 Å². The quantitative estimate of drug-likeness (QED) is 0.442. The van der Waals surface area contributed by atoms with Gasteiger partial charge in [-0.3, -0.25) is 0 Å². The summed E-state index contributed by atoms with van der Waals surface area (Å²) >= 11 is 0. The summed E-state index contributed by atoms with van der Waals surface area (Å²) in [5.74, 6) is 0. The topological polar surface area (TPSA) is 3.24 Å². The Morgan fingerprint density at radius 1 is 1.62 bits per heavy atom. The van der Waals surface area contributed by atoms with E-state index in [1.165, 1.54) is 19.5 Å². The van der Waals surface area contributed by atoms with Gasteiger partial charge in [-0.1, -0.05) is 6.92 Å². The molecule has 0 radical (unpaired) electrons. The zero-order valence-corrected chi connectivity index (χ0v) is 6.80. The SMILES string of the molecule is CN1CCC(C)(P)C1. The summed E-state index contributed by atoms with van der Waals surface area (Å²) in [5, 5.41) is 0.509. The van der Waals surface area contributed by atoms with Gasteiger partial charge in [0, 0.05) is 6.54 Å². The van der Waals surface area contributed by atoms with E-state index in [-0.39, 0.29) is 0 Å². The van der Waals surface area contributed by atoms with Crippen molar-refractivity contribution >= 4 is 9.24 Å². The normalized spacial score (nSPS) is 40.9. The van der Waals surface area contributed by atoms with Crippen LogP contribution in [0.3, 0.4) is 0 Å². The second-order valence-electron chi connectivity index (χ2n) is 3.14. The van der Waals surface area contributed by atoms with Gasteiger partial charge in [-0.25, -0.2) is 0 Å². The first-order chi connectivity index (χ1) is 3.60. The fourth-order valence-electron chi connectivity index (χ4n) is 1.22. The van der Waals surface area contributed by atoms with Crippen molar-refractivity contribution in [2.45, 2.75) is 18.5 Å². The summed E-state index contributed by atoms with van der Waals surface area (Å²) in [6.45, 7) is 4.79. The van der Waals surface area contributed by atoms with E-state index in [1.807, 2.05) is 0 Å². The second-order valence-corrected chi connectivity index (χ2v) is 4.54. The molecule has 0 aromatic carbocycles. The van der Waals surface area contributed by atoms with Crippen LogP contribution in [0.4, 0.5) is 0 Å². The number of rotatable bonds is 0. The lowest BCUT2D eigenvalue weighted by Crippen LogP contribution is -2.20. The number of hydrogen-bond acceptors (Lipinski definition) is 1. The summed E-state index contributed by atoms with van der Waals surface area (Å²) in [4.78, 5) is 2.37. The third-order valence-electron chi connectivity index (χ3n) is 1.70. The third kappa shape index (κ3) is 1.43. The molecule has 2 heteroatoms. The minimum Gasteiger partial charge on any atom is -0.305 e. The van der Waals surface area contributed by atoms with Crippen molar-refractivity contribution in [2.24, 2.45) is 0 Å². The number of hydrogen-bond donors (Lipinski definition) is 0. The van der Waals surface area contributed by atoms with Crippen LogP contribution >= 0.6 is 9.24 Å². The van der Waals surface area contributed by atoms with Crippen molar-refractivity contribution in [3.05, 3.63) is 0 Å². The van der Waals surface area contributed by atoms with Crippen molar-refractivity contribution in [2.75, 3.05) is 20.1 Å². The van der Waals surface area contributed by atoms with E-state index in [0.29, 0.717) is 5.16 Å². The van der Waals surface area contributed by atoms with E-state index in [0.717, 1.165) is 0 Å². The second kappa shape index (κ2) is 1.97. The maximum atomic E-state index is 2.91. The van der Waals surface area contributed by atoms with Crippen molar-refractivity contribution in [3.63, 3.8) is 0 Å². The lowest BCUT2D eigenvalue weighted by atomic mass is 10.1. The summed E-state index contributed by atoms with van der Waals surface area (Å²) in [7, 11) is 5.09. The fourth-order valence-corrected chi connectivity index (χ4v) is 1.66. The molecule has 0 aromatic heterocycles. The lowest BCUT2D eigenvalue weighted by Gasteiger charge is -2.15. The molecule has 0 aromatic rings. The molecule has 0 spiro atoms. The molecule has 8 heavy (non-hydrogen) atoms. The van der Waals surface area contributed by atoms with Gasteiger partial charge in [-0.2, -0.15) is 0 Å². The molecule has 1 fully saturated rings. The van der Waals surface area contributed by atoms with Gasteiger partial charge in [-0.15, -0.1) is 9.24 Å². The molecule has 1 aliphatic rings. The molecule has 0 saturated carbocycles. The summed E-state index contributed by atoms with van der Waals surface area (Å²) < 4.78 is 0. The van der Waals surface area contributed by atoms with Gasteiger partial charge in [0.25, 0.3) is 0 Å². The van der Waals surface area contributed by atoms with Gasteiger partial charge in [0.1, 0.15) is 0 Å². The van der Waals surface area contributed by atoms with Crippen LogP contribution in [0.1, 0.15) is 13.3 Å². The minimum absolute atomic E-state index is 0.509. The number of nitrogens with zero attached hydrogens (tertiary/aromatic N) is 1. The molecule has 1 heterocycles. The average Bonchev–Trinajstić information content (AvgIpc) is 1.82. The van der Waals surface area contributed by atoms with Crippen LogP contribution < -0.4 is 0 Å². The van der Waals surface area contributed by atoms with Gasteiger partial charge in [0.05, 0.1) is 0 Å². The zero-order valence-electron chi connectivity index (χ0n) is 5.65. The van der Waals surface area contributed by atoms with E-state index in [4.69, 9.17) is 0 Å². The predicted octanol–water partition coefficient (Wildman–Crippen LogP) is 0.956. The Bertz CT molecular complexity index is 90.5. The van der Waals surface area contributed by atoms with Crippen LogP contribution in [0.5, 0.6) is 0 Å². The van der Waals surface area contributed by atoms with E-state index in [1.54, 1.807) is 0 Å². The van der Waals surface area contributed by atoms with Crippen molar-refractivity contribution in [3.8, 4) is 0 Å². The standard InChI is InChI=1S/C6H14NP/c1-6(8)3-4-7(2)5-6/h3-5,8H2,1-2H3. The summed E-state index contributed by atoms with van der Waals surface area (Å²) in [6.07, 6.45) is 1.33. The Morgan fingerprint density at radius 3 is 2.38 bits per heavy atom. The Hall–Kier alpha value is 0.390. The highest BCUT2D eigenvalue weighted by Gasteiger charge is 2.26. The van der Waals surface area contributed by atoms with Gasteiger partial charge in [-0.05, 0) is 25.2 Å². The highest BCUT2D eigenvalue weighted by atomic mass is 31.0. The molecular formula is C6H14NP. The molecule has 1 rings (SSSR count). The van der Waals surface area contributed by atoms with Crippen LogP contribution in [-0.4, -0.2) is 30.2 Å². The van der Waals surface area contributed by atoms with Gasteiger partial charge < -0.3 is 4.90 Å². The van der Waals surface area contributed by atoms with E-state index >= 15 is 0 Å². The molecular weight excluding hydrogens is 117 g/mol. The van der Waals surface area contributed by atoms with Crippen molar-refractivity contribution in [1.82, 2.24) is 4.90 Å². The molecule has 48 valence electrons. The van der Waals surface area contributed by atoms with E-state index < -0.39 is 0 Å². The fraction of sp³-hybridized carbons (Fsp3) is 1.00. The highest BCUT2D eigenvalue weighted by Crippen LogP contribution is 2.28. The molecule has 1 saturated heterocycles. The largest absolute Gasteiger partial charge is 0.305 e. The molecule has 0 amide bonds. The van der Waals surface area contributed by atoms with Crippen LogP contribution in [-0.2, 0) is 0 Å². The third-order valence-corrected chi connectivity index (χ3v) is 2.17. The minimum atomic E-state index is 0.509. The molecule has 1 nitrogen and oxygen atoms in total. The molecule has 0 aliphatic carbocycles. The van der Waals surface area contributed by atoms with Gasteiger partial charge in [0.2, 0.25) is 0 Å². The van der Waals surface area contributed by atoms with E-state index in [9.17, 15) is 0 Å². The molecule has 0 N–H and O–H groups in total. The molecule has 2 unspecified atom stereocenters. The predicted molar refractivity (Wildman–Crippen MR) is 40.2 cm³/mol. The number of likely N-dealkylation sites (tertiary alicyclic amines) is 1. The maximum Gasteiger partial charge on any atom is 0.00673 e. The Morgan fingerprint density at radius 2 is 2.25 bits per heavy atom.